The van der Waals surface area contributed by atoms with E-state index >= 15 is 0 Å². The third-order valence-electron chi connectivity index (χ3n) is 2.24. The van der Waals surface area contributed by atoms with Gasteiger partial charge in [0.2, 0.25) is 0 Å². The predicted octanol–water partition coefficient (Wildman–Crippen LogP) is 4.42. The summed E-state index contributed by atoms with van der Waals surface area (Å²) < 4.78 is 26.4. The van der Waals surface area contributed by atoms with Gasteiger partial charge in [-0.15, -0.1) is 0 Å². The smallest absolute Gasteiger partial charge is 0.133 e. The van der Waals surface area contributed by atoms with Gasteiger partial charge in [0.1, 0.15) is 11.6 Å². The summed E-state index contributed by atoms with van der Waals surface area (Å²) in [6.45, 7) is 7.02. The monoisotopic (exact) mass is 220 g/mol. The van der Waals surface area contributed by atoms with Crippen LogP contribution in [0.1, 0.15) is 18.1 Å². The van der Waals surface area contributed by atoms with Crippen LogP contribution >= 0.6 is 0 Å². The maximum atomic E-state index is 13.5. The van der Waals surface area contributed by atoms with Gasteiger partial charge in [0, 0.05) is 11.6 Å². The second kappa shape index (κ2) is 5.40. The van der Waals surface area contributed by atoms with Crippen molar-refractivity contribution in [1.29, 1.82) is 0 Å². The molecule has 1 aromatic carbocycles. The van der Waals surface area contributed by atoms with Crippen LogP contribution in [0.25, 0.3) is 5.57 Å². The lowest BCUT2D eigenvalue weighted by Gasteiger charge is -2.07. The van der Waals surface area contributed by atoms with Gasteiger partial charge in [-0.25, -0.2) is 8.78 Å². The molecule has 2 heteroatoms. The van der Waals surface area contributed by atoms with Gasteiger partial charge in [-0.1, -0.05) is 30.9 Å². The summed E-state index contributed by atoms with van der Waals surface area (Å²) >= 11 is 0. The molecule has 0 bridgehead atoms. The first kappa shape index (κ1) is 12.4. The zero-order valence-electron chi connectivity index (χ0n) is 9.43. The molecule has 84 valence electrons. The van der Waals surface area contributed by atoms with Gasteiger partial charge in [0.15, 0.2) is 0 Å². The summed E-state index contributed by atoms with van der Waals surface area (Å²) in [5, 5.41) is 0. The molecule has 16 heavy (non-hydrogen) atoms. The Morgan fingerprint density at radius 2 is 1.94 bits per heavy atom. The lowest BCUT2D eigenvalue weighted by atomic mass is 10.0. The molecule has 0 unspecified atom stereocenters. The lowest BCUT2D eigenvalue weighted by Crippen LogP contribution is -1.93. The van der Waals surface area contributed by atoms with E-state index in [1.54, 1.807) is 38.2 Å². The van der Waals surface area contributed by atoms with E-state index in [9.17, 15) is 8.78 Å². The average Bonchev–Trinajstić information content (AvgIpc) is 2.16. The molecule has 0 aliphatic rings. The molecule has 0 amide bonds. The minimum atomic E-state index is -0.548. The maximum absolute atomic E-state index is 13.5. The Balaban J connectivity index is 3.18. The molecule has 0 aliphatic carbocycles. The normalized spacial score (nSPS) is 12.1. The number of hydrogen-bond acceptors (Lipinski definition) is 0. The summed E-state index contributed by atoms with van der Waals surface area (Å²) in [6.07, 6.45) is 6.92. The maximum Gasteiger partial charge on any atom is 0.133 e. The SMILES string of the molecule is C=C/C=C\C=C(/C)c1c(C)cc(F)cc1F. The number of rotatable bonds is 3. The van der Waals surface area contributed by atoms with Crippen LogP contribution in [0, 0.1) is 18.6 Å². The Morgan fingerprint density at radius 3 is 2.50 bits per heavy atom. The van der Waals surface area contributed by atoms with E-state index in [1.807, 2.05) is 0 Å². The van der Waals surface area contributed by atoms with Gasteiger partial charge in [0.05, 0.1) is 0 Å². The molecule has 0 saturated heterocycles. The van der Waals surface area contributed by atoms with Crippen molar-refractivity contribution in [3.63, 3.8) is 0 Å². The minimum Gasteiger partial charge on any atom is -0.207 e. The van der Waals surface area contributed by atoms with Gasteiger partial charge >= 0.3 is 0 Å². The van der Waals surface area contributed by atoms with E-state index in [-0.39, 0.29) is 0 Å². The number of allylic oxidation sites excluding steroid dienone is 5. The molecule has 0 spiro atoms. The van der Waals surface area contributed by atoms with Crippen LogP contribution in [0.2, 0.25) is 0 Å². The third kappa shape index (κ3) is 2.89. The summed E-state index contributed by atoms with van der Waals surface area (Å²) in [4.78, 5) is 0. The lowest BCUT2D eigenvalue weighted by molar-refractivity contribution is 0.579. The molecule has 0 N–H and O–H groups in total. The Hall–Kier alpha value is -1.70. The summed E-state index contributed by atoms with van der Waals surface area (Å²) in [6, 6.07) is 2.23. The molecular formula is C14H14F2. The highest BCUT2D eigenvalue weighted by Gasteiger charge is 2.09. The molecule has 0 radical (unpaired) electrons. The van der Waals surface area contributed by atoms with Crippen molar-refractivity contribution in [2.24, 2.45) is 0 Å². The standard InChI is InChI=1S/C14H14F2/c1-4-5-6-7-10(2)14-11(3)8-12(15)9-13(14)16/h4-9H,1H2,2-3H3/b6-5-,10-7+. The van der Waals surface area contributed by atoms with Crippen molar-refractivity contribution in [3.05, 3.63) is 65.8 Å². The zero-order chi connectivity index (χ0) is 12.1. The molecule has 0 fully saturated rings. The van der Waals surface area contributed by atoms with E-state index in [1.165, 1.54) is 6.07 Å². The van der Waals surface area contributed by atoms with Gasteiger partial charge in [-0.05, 0) is 31.1 Å². The highest BCUT2D eigenvalue weighted by molar-refractivity contribution is 5.68. The van der Waals surface area contributed by atoms with Crippen molar-refractivity contribution in [3.8, 4) is 0 Å². The minimum absolute atomic E-state index is 0.454. The Morgan fingerprint density at radius 1 is 1.25 bits per heavy atom. The van der Waals surface area contributed by atoms with Crippen molar-refractivity contribution >= 4 is 5.57 Å². The Bertz CT molecular complexity index is 431. The summed E-state index contributed by atoms with van der Waals surface area (Å²) in [7, 11) is 0. The first-order valence-electron chi connectivity index (χ1n) is 4.98. The topological polar surface area (TPSA) is 0 Å². The molecule has 0 aliphatic heterocycles. The van der Waals surface area contributed by atoms with Crippen LogP contribution in [0.3, 0.4) is 0 Å². The van der Waals surface area contributed by atoms with E-state index in [0.717, 1.165) is 11.6 Å². The second-order valence-electron chi connectivity index (χ2n) is 3.55. The molecule has 1 rings (SSSR count). The molecule has 0 saturated carbocycles. The van der Waals surface area contributed by atoms with Gasteiger partial charge in [-0.2, -0.15) is 0 Å². The van der Waals surface area contributed by atoms with Gasteiger partial charge in [0.25, 0.3) is 0 Å². The molecular weight excluding hydrogens is 206 g/mol. The van der Waals surface area contributed by atoms with Gasteiger partial charge < -0.3 is 0 Å². The molecule has 0 atom stereocenters. The van der Waals surface area contributed by atoms with Crippen molar-refractivity contribution < 1.29 is 8.78 Å². The van der Waals surface area contributed by atoms with E-state index < -0.39 is 11.6 Å². The fourth-order valence-corrected chi connectivity index (χ4v) is 1.56. The highest BCUT2D eigenvalue weighted by atomic mass is 19.1. The van der Waals surface area contributed by atoms with E-state index in [0.29, 0.717) is 11.1 Å². The van der Waals surface area contributed by atoms with Crippen molar-refractivity contribution in [2.75, 3.05) is 0 Å². The van der Waals surface area contributed by atoms with Crippen LogP contribution in [0.5, 0.6) is 0 Å². The quantitative estimate of drug-likeness (QED) is 0.661. The highest BCUT2D eigenvalue weighted by Crippen LogP contribution is 2.23. The first-order chi connectivity index (χ1) is 7.56. The second-order valence-corrected chi connectivity index (χ2v) is 3.55. The number of benzene rings is 1. The fourth-order valence-electron chi connectivity index (χ4n) is 1.56. The molecule has 0 aromatic heterocycles. The fraction of sp³-hybridized carbons (Fsp3) is 0.143. The van der Waals surface area contributed by atoms with Crippen molar-refractivity contribution in [2.45, 2.75) is 13.8 Å². The van der Waals surface area contributed by atoms with Crippen molar-refractivity contribution in [1.82, 2.24) is 0 Å². The van der Waals surface area contributed by atoms with Crippen LogP contribution in [-0.4, -0.2) is 0 Å². The number of hydrogen-bond donors (Lipinski definition) is 0. The third-order valence-corrected chi connectivity index (χ3v) is 2.24. The van der Waals surface area contributed by atoms with Crippen LogP contribution < -0.4 is 0 Å². The largest absolute Gasteiger partial charge is 0.207 e. The molecule has 1 aromatic rings. The first-order valence-corrected chi connectivity index (χ1v) is 4.98. The van der Waals surface area contributed by atoms with Crippen LogP contribution in [-0.2, 0) is 0 Å². The zero-order valence-corrected chi connectivity index (χ0v) is 9.43. The number of aryl methyl sites for hydroxylation is 1. The summed E-state index contributed by atoms with van der Waals surface area (Å²) in [5.74, 6) is -1.08. The van der Waals surface area contributed by atoms with E-state index in [4.69, 9.17) is 0 Å². The molecule has 0 nitrogen and oxygen atoms in total. The summed E-state index contributed by atoms with van der Waals surface area (Å²) in [5.41, 5.74) is 1.81. The predicted molar refractivity (Wildman–Crippen MR) is 64.1 cm³/mol. The molecule has 0 heterocycles. The van der Waals surface area contributed by atoms with Gasteiger partial charge in [-0.3, -0.25) is 0 Å². The average molecular weight is 220 g/mol. The Labute approximate surface area is 94.6 Å². The van der Waals surface area contributed by atoms with Crippen LogP contribution in [0.4, 0.5) is 8.78 Å². The Kier molecular flexibility index (Phi) is 4.18. The van der Waals surface area contributed by atoms with E-state index in [2.05, 4.69) is 6.58 Å². The number of halogens is 2. The van der Waals surface area contributed by atoms with Crippen LogP contribution in [0.15, 0.2) is 43.0 Å².